The van der Waals surface area contributed by atoms with Crippen LogP contribution in [0.5, 0.6) is 0 Å². The monoisotopic (exact) mass is 286 g/mol. The Kier molecular flexibility index (Phi) is 4.91. The molecule has 5 heteroatoms. The van der Waals surface area contributed by atoms with E-state index < -0.39 is 12.7 Å². The molecule has 2 nitrogen and oxygen atoms in total. The summed E-state index contributed by atoms with van der Waals surface area (Å²) >= 11 is 0. The van der Waals surface area contributed by atoms with Crippen molar-refractivity contribution in [2.45, 2.75) is 32.0 Å². The van der Waals surface area contributed by atoms with Crippen molar-refractivity contribution in [3.63, 3.8) is 0 Å². The van der Waals surface area contributed by atoms with Crippen molar-refractivity contribution in [1.82, 2.24) is 5.32 Å². The second-order valence-electron chi connectivity index (χ2n) is 5.44. The Morgan fingerprint density at radius 1 is 1.20 bits per heavy atom. The SMILES string of the molecule is CCC1CC(NCC(F)(F)F)CN(c2ccccc2)C1. The molecule has 0 saturated carbocycles. The van der Waals surface area contributed by atoms with Crippen molar-refractivity contribution >= 4 is 5.69 Å². The fourth-order valence-corrected chi connectivity index (χ4v) is 2.76. The number of para-hydroxylation sites is 1. The Labute approximate surface area is 118 Å². The van der Waals surface area contributed by atoms with Crippen LogP contribution in [0.1, 0.15) is 19.8 Å². The van der Waals surface area contributed by atoms with Crippen molar-refractivity contribution in [2.24, 2.45) is 5.92 Å². The molecule has 2 unspecified atom stereocenters. The van der Waals surface area contributed by atoms with Crippen molar-refractivity contribution < 1.29 is 13.2 Å². The maximum atomic E-state index is 12.3. The molecule has 1 aromatic carbocycles. The van der Waals surface area contributed by atoms with Crippen molar-refractivity contribution in [1.29, 1.82) is 0 Å². The van der Waals surface area contributed by atoms with Gasteiger partial charge in [-0.05, 0) is 24.5 Å². The quantitative estimate of drug-likeness (QED) is 0.912. The summed E-state index contributed by atoms with van der Waals surface area (Å²) in [5.41, 5.74) is 1.09. The molecule has 2 rings (SSSR count). The third kappa shape index (κ3) is 4.40. The predicted octanol–water partition coefficient (Wildman–Crippen LogP) is 3.44. The lowest BCUT2D eigenvalue weighted by molar-refractivity contribution is -0.126. The molecule has 1 aromatic rings. The third-order valence-corrected chi connectivity index (χ3v) is 3.83. The molecule has 1 saturated heterocycles. The number of alkyl halides is 3. The summed E-state index contributed by atoms with van der Waals surface area (Å²) in [4.78, 5) is 2.19. The van der Waals surface area contributed by atoms with Gasteiger partial charge < -0.3 is 10.2 Å². The summed E-state index contributed by atoms with van der Waals surface area (Å²) < 4.78 is 37.0. The summed E-state index contributed by atoms with van der Waals surface area (Å²) in [6.45, 7) is 2.75. The Hall–Kier alpha value is -1.23. The van der Waals surface area contributed by atoms with E-state index in [1.165, 1.54) is 0 Å². The molecule has 1 aliphatic rings. The minimum absolute atomic E-state index is 0.101. The third-order valence-electron chi connectivity index (χ3n) is 3.83. The number of anilines is 1. The molecule has 0 bridgehead atoms. The smallest absolute Gasteiger partial charge is 0.370 e. The van der Waals surface area contributed by atoms with Gasteiger partial charge in [0.2, 0.25) is 0 Å². The van der Waals surface area contributed by atoms with Crippen LogP contribution in [-0.4, -0.2) is 31.9 Å². The van der Waals surface area contributed by atoms with Crippen molar-refractivity contribution in [3.8, 4) is 0 Å². The predicted molar refractivity (Wildman–Crippen MR) is 74.9 cm³/mol. The number of hydrogen-bond donors (Lipinski definition) is 1. The van der Waals surface area contributed by atoms with E-state index in [9.17, 15) is 13.2 Å². The second-order valence-corrected chi connectivity index (χ2v) is 5.44. The summed E-state index contributed by atoms with van der Waals surface area (Å²) in [7, 11) is 0. The van der Waals surface area contributed by atoms with E-state index in [4.69, 9.17) is 0 Å². The van der Waals surface area contributed by atoms with Gasteiger partial charge in [-0.3, -0.25) is 0 Å². The summed E-state index contributed by atoms with van der Waals surface area (Å²) in [5, 5.41) is 2.66. The van der Waals surface area contributed by atoms with E-state index >= 15 is 0 Å². The first kappa shape index (κ1) is 15.2. The topological polar surface area (TPSA) is 15.3 Å². The first-order valence-corrected chi connectivity index (χ1v) is 7.08. The number of benzene rings is 1. The van der Waals surface area contributed by atoms with Crippen LogP contribution < -0.4 is 10.2 Å². The van der Waals surface area contributed by atoms with Gasteiger partial charge in [0.05, 0.1) is 6.54 Å². The summed E-state index contributed by atoms with van der Waals surface area (Å²) in [5.74, 6) is 0.440. The largest absolute Gasteiger partial charge is 0.401 e. The lowest BCUT2D eigenvalue weighted by Crippen LogP contribution is -2.51. The molecule has 1 aliphatic heterocycles. The molecule has 0 spiro atoms. The minimum atomic E-state index is -4.14. The van der Waals surface area contributed by atoms with Crippen LogP contribution in [0.2, 0.25) is 0 Å². The molecular weight excluding hydrogens is 265 g/mol. The maximum Gasteiger partial charge on any atom is 0.401 e. The van der Waals surface area contributed by atoms with Gasteiger partial charge >= 0.3 is 6.18 Å². The number of nitrogens with zero attached hydrogens (tertiary/aromatic N) is 1. The molecule has 1 fully saturated rings. The zero-order valence-electron chi connectivity index (χ0n) is 11.7. The van der Waals surface area contributed by atoms with Crippen LogP contribution in [0, 0.1) is 5.92 Å². The van der Waals surface area contributed by atoms with Gasteiger partial charge in [-0.15, -0.1) is 0 Å². The lowest BCUT2D eigenvalue weighted by atomic mass is 9.91. The fraction of sp³-hybridized carbons (Fsp3) is 0.600. The van der Waals surface area contributed by atoms with Gasteiger partial charge in [0, 0.05) is 24.8 Å². The standard InChI is InChI=1S/C15H21F3N2/c1-2-12-8-13(19-11-15(16,17)18)10-20(9-12)14-6-4-3-5-7-14/h3-7,12-13,19H,2,8-11H2,1H3. The summed E-state index contributed by atoms with van der Waals surface area (Å²) in [6, 6.07) is 9.80. The van der Waals surface area contributed by atoms with E-state index in [2.05, 4.69) is 17.1 Å². The van der Waals surface area contributed by atoms with Crippen LogP contribution in [0.4, 0.5) is 18.9 Å². The fourth-order valence-electron chi connectivity index (χ4n) is 2.76. The molecule has 0 aromatic heterocycles. The number of rotatable bonds is 4. The molecule has 1 N–H and O–H groups in total. The van der Waals surface area contributed by atoms with Gasteiger partial charge in [-0.25, -0.2) is 0 Å². The number of hydrogen-bond acceptors (Lipinski definition) is 2. The van der Waals surface area contributed by atoms with Crippen LogP contribution >= 0.6 is 0 Å². The molecule has 0 aliphatic carbocycles. The second kappa shape index (κ2) is 6.48. The van der Waals surface area contributed by atoms with E-state index in [0.29, 0.717) is 12.5 Å². The van der Waals surface area contributed by atoms with Gasteiger partial charge in [-0.1, -0.05) is 31.5 Å². The normalized spacial score (nSPS) is 23.9. The highest BCUT2D eigenvalue weighted by Gasteiger charge is 2.31. The van der Waals surface area contributed by atoms with Crippen molar-refractivity contribution in [2.75, 3.05) is 24.5 Å². The van der Waals surface area contributed by atoms with Gasteiger partial charge in [-0.2, -0.15) is 13.2 Å². The first-order valence-electron chi connectivity index (χ1n) is 7.08. The molecule has 0 radical (unpaired) electrons. The lowest BCUT2D eigenvalue weighted by Gasteiger charge is -2.39. The van der Waals surface area contributed by atoms with Crippen LogP contribution in [-0.2, 0) is 0 Å². The summed E-state index contributed by atoms with van der Waals surface area (Å²) in [6.07, 6.45) is -2.33. The Morgan fingerprint density at radius 3 is 2.50 bits per heavy atom. The number of nitrogens with one attached hydrogen (secondary N) is 1. The highest BCUT2D eigenvalue weighted by molar-refractivity contribution is 5.46. The van der Waals surface area contributed by atoms with E-state index in [1.54, 1.807) is 0 Å². The zero-order chi connectivity index (χ0) is 14.6. The van der Waals surface area contributed by atoms with Gasteiger partial charge in [0.1, 0.15) is 0 Å². The van der Waals surface area contributed by atoms with Crippen LogP contribution in [0.25, 0.3) is 0 Å². The maximum absolute atomic E-state index is 12.3. The van der Waals surface area contributed by atoms with Gasteiger partial charge in [0.25, 0.3) is 0 Å². The zero-order valence-corrected chi connectivity index (χ0v) is 11.7. The van der Waals surface area contributed by atoms with Crippen molar-refractivity contribution in [3.05, 3.63) is 30.3 Å². The molecular formula is C15H21F3N2. The first-order chi connectivity index (χ1) is 9.48. The molecule has 20 heavy (non-hydrogen) atoms. The van der Waals surface area contributed by atoms with E-state index in [-0.39, 0.29) is 6.04 Å². The highest BCUT2D eigenvalue weighted by atomic mass is 19.4. The molecule has 0 amide bonds. The highest BCUT2D eigenvalue weighted by Crippen LogP contribution is 2.25. The molecule has 2 atom stereocenters. The van der Waals surface area contributed by atoms with E-state index in [1.807, 2.05) is 30.3 Å². The molecule has 1 heterocycles. The average molecular weight is 286 g/mol. The molecule has 112 valence electrons. The number of piperidine rings is 1. The number of halogens is 3. The van der Waals surface area contributed by atoms with Crippen LogP contribution in [0.15, 0.2) is 30.3 Å². The minimum Gasteiger partial charge on any atom is -0.370 e. The Morgan fingerprint density at radius 2 is 1.90 bits per heavy atom. The average Bonchev–Trinajstić information content (AvgIpc) is 2.45. The van der Waals surface area contributed by atoms with Crippen LogP contribution in [0.3, 0.4) is 0 Å². The Bertz CT molecular complexity index is 405. The van der Waals surface area contributed by atoms with Gasteiger partial charge in [0.15, 0.2) is 0 Å². The van der Waals surface area contributed by atoms with E-state index in [0.717, 1.165) is 25.1 Å². The Balaban J connectivity index is 2.00.